The number of likely N-dealkylation sites (tertiary alicyclic amines) is 1. The standard InChI is InChI=1S/C13H21N3OS/c1-2-11-5-3-4-8-16(11)9-6-12(17)15-13-14-7-10-18-13/h7,10-11H,2-6,8-9H2,1H3,(H,14,15,17). The summed E-state index contributed by atoms with van der Waals surface area (Å²) in [5.41, 5.74) is 0. The van der Waals surface area contributed by atoms with Gasteiger partial charge in [-0.3, -0.25) is 9.69 Å². The number of carbonyl (C=O) groups excluding carboxylic acids is 1. The van der Waals surface area contributed by atoms with E-state index in [9.17, 15) is 4.79 Å². The normalized spacial score (nSPS) is 20.8. The molecule has 1 atom stereocenters. The van der Waals surface area contributed by atoms with Gasteiger partial charge in [0.05, 0.1) is 0 Å². The highest BCUT2D eigenvalue weighted by atomic mass is 32.1. The Bertz CT molecular complexity index is 366. The maximum absolute atomic E-state index is 11.8. The second kappa shape index (κ2) is 6.85. The molecular formula is C13H21N3OS. The van der Waals surface area contributed by atoms with E-state index in [0.717, 1.165) is 13.1 Å². The molecular weight excluding hydrogens is 246 g/mol. The lowest BCUT2D eigenvalue weighted by molar-refractivity contribution is -0.116. The van der Waals surface area contributed by atoms with Crippen LogP contribution in [0.3, 0.4) is 0 Å². The first kappa shape index (κ1) is 13.5. The van der Waals surface area contributed by atoms with Gasteiger partial charge in [-0.2, -0.15) is 0 Å². The second-order valence-electron chi connectivity index (χ2n) is 4.73. The van der Waals surface area contributed by atoms with Gasteiger partial charge in [-0.25, -0.2) is 4.98 Å². The molecule has 1 aliphatic rings. The molecule has 0 aliphatic carbocycles. The largest absolute Gasteiger partial charge is 0.302 e. The number of carbonyl (C=O) groups is 1. The minimum Gasteiger partial charge on any atom is -0.302 e. The Balaban J connectivity index is 1.74. The fourth-order valence-electron chi connectivity index (χ4n) is 2.53. The molecule has 0 radical (unpaired) electrons. The SMILES string of the molecule is CCC1CCCCN1CCC(=O)Nc1nccs1. The van der Waals surface area contributed by atoms with Crippen molar-refractivity contribution in [3.05, 3.63) is 11.6 Å². The van der Waals surface area contributed by atoms with Crippen molar-refractivity contribution in [2.75, 3.05) is 18.4 Å². The zero-order chi connectivity index (χ0) is 12.8. The second-order valence-corrected chi connectivity index (χ2v) is 5.62. The maximum atomic E-state index is 11.8. The Morgan fingerprint density at radius 3 is 3.22 bits per heavy atom. The summed E-state index contributed by atoms with van der Waals surface area (Å²) in [6, 6.07) is 0.673. The van der Waals surface area contributed by atoms with Crippen molar-refractivity contribution in [2.45, 2.75) is 45.1 Å². The smallest absolute Gasteiger partial charge is 0.227 e. The van der Waals surface area contributed by atoms with Crippen LogP contribution in [0.2, 0.25) is 0 Å². The number of aromatic nitrogens is 1. The molecule has 0 saturated carbocycles. The number of piperidine rings is 1. The number of nitrogens with one attached hydrogen (secondary N) is 1. The molecule has 1 aromatic heterocycles. The van der Waals surface area contributed by atoms with E-state index in [1.54, 1.807) is 6.20 Å². The van der Waals surface area contributed by atoms with Crippen LogP contribution in [0.25, 0.3) is 0 Å². The van der Waals surface area contributed by atoms with E-state index in [-0.39, 0.29) is 5.91 Å². The Kier molecular flexibility index (Phi) is 5.13. The van der Waals surface area contributed by atoms with E-state index in [1.165, 1.54) is 37.0 Å². The lowest BCUT2D eigenvalue weighted by atomic mass is 10.00. The molecule has 1 aliphatic heterocycles. The molecule has 1 unspecified atom stereocenters. The van der Waals surface area contributed by atoms with Gasteiger partial charge in [-0.05, 0) is 25.8 Å². The first-order chi connectivity index (χ1) is 8.79. The summed E-state index contributed by atoms with van der Waals surface area (Å²) in [4.78, 5) is 18.3. The van der Waals surface area contributed by atoms with Gasteiger partial charge in [0.25, 0.3) is 0 Å². The summed E-state index contributed by atoms with van der Waals surface area (Å²) in [7, 11) is 0. The predicted octanol–water partition coefficient (Wildman–Crippen LogP) is 2.74. The Morgan fingerprint density at radius 2 is 2.50 bits per heavy atom. The molecule has 1 amide bonds. The fraction of sp³-hybridized carbons (Fsp3) is 0.692. The van der Waals surface area contributed by atoms with E-state index in [4.69, 9.17) is 0 Å². The van der Waals surface area contributed by atoms with Crippen molar-refractivity contribution in [1.29, 1.82) is 0 Å². The summed E-state index contributed by atoms with van der Waals surface area (Å²) in [6.45, 7) is 4.25. The third-order valence-electron chi connectivity index (χ3n) is 3.53. The topological polar surface area (TPSA) is 45.2 Å². The fourth-order valence-corrected chi connectivity index (χ4v) is 3.07. The first-order valence-electron chi connectivity index (χ1n) is 6.73. The van der Waals surface area contributed by atoms with Crippen LogP contribution in [0.4, 0.5) is 5.13 Å². The Labute approximate surface area is 112 Å². The molecule has 1 aromatic rings. The van der Waals surface area contributed by atoms with Gasteiger partial charge in [0.15, 0.2) is 5.13 Å². The van der Waals surface area contributed by atoms with E-state index in [2.05, 4.69) is 22.1 Å². The zero-order valence-corrected chi connectivity index (χ0v) is 11.7. The van der Waals surface area contributed by atoms with E-state index in [1.807, 2.05) is 5.38 Å². The molecule has 5 heteroatoms. The molecule has 0 bridgehead atoms. The predicted molar refractivity (Wildman–Crippen MR) is 74.9 cm³/mol. The third kappa shape index (κ3) is 3.78. The number of amides is 1. The minimum atomic E-state index is 0.0744. The summed E-state index contributed by atoms with van der Waals surface area (Å²) in [6.07, 6.45) is 7.34. The highest BCUT2D eigenvalue weighted by Crippen LogP contribution is 2.19. The van der Waals surface area contributed by atoms with Crippen molar-refractivity contribution in [2.24, 2.45) is 0 Å². The quantitative estimate of drug-likeness (QED) is 0.892. The zero-order valence-electron chi connectivity index (χ0n) is 10.9. The monoisotopic (exact) mass is 267 g/mol. The van der Waals surface area contributed by atoms with E-state index >= 15 is 0 Å². The van der Waals surface area contributed by atoms with Gasteiger partial charge in [0, 0.05) is 30.6 Å². The van der Waals surface area contributed by atoms with Gasteiger partial charge in [-0.15, -0.1) is 11.3 Å². The molecule has 1 N–H and O–H groups in total. The third-order valence-corrected chi connectivity index (χ3v) is 4.21. The molecule has 0 spiro atoms. The Morgan fingerprint density at radius 1 is 1.61 bits per heavy atom. The highest BCUT2D eigenvalue weighted by molar-refractivity contribution is 7.13. The van der Waals surface area contributed by atoms with Crippen LogP contribution in [0.15, 0.2) is 11.6 Å². The molecule has 2 rings (SSSR count). The molecule has 0 aromatic carbocycles. The van der Waals surface area contributed by atoms with Gasteiger partial charge in [0.2, 0.25) is 5.91 Å². The summed E-state index contributed by atoms with van der Waals surface area (Å²) in [5.74, 6) is 0.0744. The van der Waals surface area contributed by atoms with Crippen LogP contribution in [0, 0.1) is 0 Å². The van der Waals surface area contributed by atoms with Crippen molar-refractivity contribution in [3.8, 4) is 0 Å². The highest BCUT2D eigenvalue weighted by Gasteiger charge is 2.20. The van der Waals surface area contributed by atoms with Crippen LogP contribution < -0.4 is 5.32 Å². The summed E-state index contributed by atoms with van der Waals surface area (Å²) < 4.78 is 0. The van der Waals surface area contributed by atoms with Gasteiger partial charge < -0.3 is 5.32 Å². The van der Waals surface area contributed by atoms with Crippen molar-refractivity contribution in [1.82, 2.24) is 9.88 Å². The van der Waals surface area contributed by atoms with E-state index in [0.29, 0.717) is 17.6 Å². The van der Waals surface area contributed by atoms with Crippen molar-refractivity contribution < 1.29 is 4.79 Å². The summed E-state index contributed by atoms with van der Waals surface area (Å²) in [5, 5.41) is 5.40. The molecule has 1 fully saturated rings. The summed E-state index contributed by atoms with van der Waals surface area (Å²) >= 11 is 1.46. The average molecular weight is 267 g/mol. The number of hydrogen-bond acceptors (Lipinski definition) is 4. The molecule has 2 heterocycles. The molecule has 4 nitrogen and oxygen atoms in total. The number of thiazole rings is 1. The lowest BCUT2D eigenvalue weighted by Crippen LogP contribution is -2.40. The molecule has 18 heavy (non-hydrogen) atoms. The number of rotatable bonds is 5. The lowest BCUT2D eigenvalue weighted by Gasteiger charge is -2.34. The minimum absolute atomic E-state index is 0.0744. The van der Waals surface area contributed by atoms with Gasteiger partial charge in [-0.1, -0.05) is 13.3 Å². The number of nitrogens with zero attached hydrogens (tertiary/aromatic N) is 2. The molecule has 100 valence electrons. The number of anilines is 1. The van der Waals surface area contributed by atoms with Crippen LogP contribution in [0.5, 0.6) is 0 Å². The van der Waals surface area contributed by atoms with Gasteiger partial charge in [0.1, 0.15) is 0 Å². The van der Waals surface area contributed by atoms with E-state index < -0.39 is 0 Å². The maximum Gasteiger partial charge on any atom is 0.227 e. The van der Waals surface area contributed by atoms with Crippen LogP contribution in [-0.4, -0.2) is 34.9 Å². The van der Waals surface area contributed by atoms with Crippen molar-refractivity contribution in [3.63, 3.8) is 0 Å². The molecule has 1 saturated heterocycles. The number of hydrogen-bond donors (Lipinski definition) is 1. The van der Waals surface area contributed by atoms with Gasteiger partial charge >= 0.3 is 0 Å². The first-order valence-corrected chi connectivity index (χ1v) is 7.61. The average Bonchev–Trinajstić information content (AvgIpc) is 2.89. The van der Waals surface area contributed by atoms with Crippen LogP contribution >= 0.6 is 11.3 Å². The Hall–Kier alpha value is -0.940. The van der Waals surface area contributed by atoms with Crippen molar-refractivity contribution >= 4 is 22.4 Å². The van der Waals surface area contributed by atoms with Crippen LogP contribution in [-0.2, 0) is 4.79 Å². The van der Waals surface area contributed by atoms with Crippen LogP contribution in [0.1, 0.15) is 39.0 Å².